The molecular formula is C38H37F2NO9. The normalized spacial score (nSPS) is 10.8. The maximum absolute atomic E-state index is 14.7. The molecule has 262 valence electrons. The molecule has 3 rings (SSSR count). The van der Waals surface area contributed by atoms with Gasteiger partial charge in [-0.2, -0.15) is 4.39 Å². The number of esters is 3. The van der Waals surface area contributed by atoms with Crippen LogP contribution in [0.1, 0.15) is 36.8 Å². The van der Waals surface area contributed by atoms with E-state index in [4.69, 9.17) is 23.7 Å². The van der Waals surface area contributed by atoms with Crippen molar-refractivity contribution in [1.82, 2.24) is 0 Å². The molecule has 10 nitrogen and oxygen atoms in total. The van der Waals surface area contributed by atoms with Gasteiger partial charge in [-0.05, 0) is 85.4 Å². The van der Waals surface area contributed by atoms with Crippen molar-refractivity contribution in [2.75, 3.05) is 31.7 Å². The summed E-state index contributed by atoms with van der Waals surface area (Å²) < 4.78 is 55.3. The zero-order chi connectivity index (χ0) is 36.1. The predicted molar refractivity (Wildman–Crippen MR) is 183 cm³/mol. The Bertz CT molecular complexity index is 1560. The highest BCUT2D eigenvalue weighted by Crippen LogP contribution is 2.26. The van der Waals surface area contributed by atoms with Crippen molar-refractivity contribution in [3.63, 3.8) is 0 Å². The number of nitrogens with one attached hydrogen (secondary N) is 1. The SMILES string of the molecule is C=CC(=O)OCCCCOc1ccc(/C=C/C(=O)Nc2ccc(OC(=O)/C=C/c3ccc(OCCCCOC(=O)C=C)cc3)c(F)c2F)cc1. The first-order valence-corrected chi connectivity index (χ1v) is 15.6. The van der Waals surface area contributed by atoms with E-state index < -0.39 is 46.9 Å². The highest BCUT2D eigenvalue weighted by molar-refractivity contribution is 6.02. The number of carbonyl (C=O) groups excluding carboxylic acids is 4. The largest absolute Gasteiger partial charge is 0.494 e. The minimum atomic E-state index is -1.44. The van der Waals surface area contributed by atoms with Crippen LogP contribution >= 0.6 is 0 Å². The van der Waals surface area contributed by atoms with E-state index in [-0.39, 0.29) is 13.2 Å². The lowest BCUT2D eigenvalue weighted by molar-refractivity contribution is -0.138. The van der Waals surface area contributed by atoms with Crippen LogP contribution in [-0.4, -0.2) is 50.2 Å². The van der Waals surface area contributed by atoms with Gasteiger partial charge >= 0.3 is 17.9 Å². The smallest absolute Gasteiger partial charge is 0.336 e. The van der Waals surface area contributed by atoms with Crippen LogP contribution in [0, 0.1) is 11.6 Å². The zero-order valence-electron chi connectivity index (χ0n) is 27.2. The van der Waals surface area contributed by atoms with Gasteiger partial charge in [0.2, 0.25) is 11.7 Å². The van der Waals surface area contributed by atoms with Crippen LogP contribution < -0.4 is 19.5 Å². The fourth-order valence-corrected chi connectivity index (χ4v) is 3.96. The Kier molecular flexibility index (Phi) is 16.2. The lowest BCUT2D eigenvalue weighted by atomic mass is 10.2. The maximum Gasteiger partial charge on any atom is 0.336 e. The number of unbranched alkanes of at least 4 members (excludes halogenated alkanes) is 2. The highest BCUT2D eigenvalue weighted by atomic mass is 19.2. The molecule has 0 aliphatic rings. The van der Waals surface area contributed by atoms with Gasteiger partial charge in [0.1, 0.15) is 11.5 Å². The number of rotatable bonds is 20. The molecule has 0 radical (unpaired) electrons. The van der Waals surface area contributed by atoms with Gasteiger partial charge in [-0.1, -0.05) is 37.4 Å². The molecule has 12 heteroatoms. The van der Waals surface area contributed by atoms with Gasteiger partial charge in [-0.25, -0.2) is 18.8 Å². The number of amides is 1. The van der Waals surface area contributed by atoms with Crippen molar-refractivity contribution < 1.29 is 51.6 Å². The van der Waals surface area contributed by atoms with E-state index in [1.54, 1.807) is 48.5 Å². The van der Waals surface area contributed by atoms with Crippen molar-refractivity contribution in [2.45, 2.75) is 25.7 Å². The maximum atomic E-state index is 14.7. The van der Waals surface area contributed by atoms with E-state index in [0.717, 1.165) is 36.4 Å². The second-order valence-corrected chi connectivity index (χ2v) is 10.3. The van der Waals surface area contributed by atoms with Gasteiger partial charge in [0.25, 0.3) is 0 Å². The lowest BCUT2D eigenvalue weighted by Gasteiger charge is -2.09. The molecule has 1 amide bonds. The minimum absolute atomic E-state index is 0.278. The summed E-state index contributed by atoms with van der Waals surface area (Å²) >= 11 is 0. The Morgan fingerprint density at radius 3 is 1.58 bits per heavy atom. The molecule has 50 heavy (non-hydrogen) atoms. The Morgan fingerprint density at radius 2 is 1.08 bits per heavy atom. The summed E-state index contributed by atoms with van der Waals surface area (Å²) in [4.78, 5) is 46.6. The number of halogens is 2. The summed E-state index contributed by atoms with van der Waals surface area (Å²) in [5.41, 5.74) is 0.853. The van der Waals surface area contributed by atoms with E-state index in [9.17, 15) is 28.0 Å². The third-order valence-electron chi connectivity index (χ3n) is 6.55. The molecular weight excluding hydrogens is 652 g/mol. The van der Waals surface area contributed by atoms with Crippen LogP contribution in [0.25, 0.3) is 12.2 Å². The van der Waals surface area contributed by atoms with Crippen molar-refractivity contribution in [3.8, 4) is 17.2 Å². The van der Waals surface area contributed by atoms with E-state index in [1.807, 2.05) is 0 Å². The first-order valence-electron chi connectivity index (χ1n) is 15.6. The molecule has 0 bridgehead atoms. The molecule has 0 heterocycles. The van der Waals surface area contributed by atoms with Crippen molar-refractivity contribution in [2.24, 2.45) is 0 Å². The third kappa shape index (κ3) is 14.0. The van der Waals surface area contributed by atoms with Crippen LogP contribution in [0.4, 0.5) is 14.5 Å². The monoisotopic (exact) mass is 689 g/mol. The molecule has 0 aliphatic carbocycles. The Hall–Kier alpha value is -6.04. The van der Waals surface area contributed by atoms with Crippen LogP contribution in [0.5, 0.6) is 17.2 Å². The van der Waals surface area contributed by atoms with Gasteiger partial charge < -0.3 is 29.0 Å². The third-order valence-corrected chi connectivity index (χ3v) is 6.55. The number of ether oxygens (including phenoxy) is 5. The zero-order valence-corrected chi connectivity index (χ0v) is 27.2. The first-order chi connectivity index (χ1) is 24.2. The first kappa shape index (κ1) is 38.4. The highest BCUT2D eigenvalue weighted by Gasteiger charge is 2.17. The Morgan fingerprint density at radius 1 is 0.600 bits per heavy atom. The number of carbonyl (C=O) groups is 4. The quantitative estimate of drug-likeness (QED) is 0.0577. The standard InChI is InChI=1S/C38H37F2NO9/c1-3-34(43)48-25-7-5-23-46-29-15-9-27(10-16-29)13-21-33(42)41-31-19-20-32(38(40)37(31)39)50-36(45)22-14-28-11-17-30(18-12-28)47-24-6-8-26-49-35(44)4-2/h3-4,9-22H,1-2,5-8,23-26H2,(H,41,42)/b21-13+,22-14+. The molecule has 0 atom stereocenters. The Labute approximate surface area is 288 Å². The van der Waals surface area contributed by atoms with E-state index in [2.05, 4.69) is 18.5 Å². The molecule has 0 aromatic heterocycles. The topological polar surface area (TPSA) is 126 Å². The number of hydrogen-bond donors (Lipinski definition) is 1. The lowest BCUT2D eigenvalue weighted by Crippen LogP contribution is -2.11. The van der Waals surface area contributed by atoms with Crippen molar-refractivity contribution in [1.29, 1.82) is 0 Å². The number of hydrogen-bond acceptors (Lipinski definition) is 9. The van der Waals surface area contributed by atoms with Gasteiger partial charge in [0, 0.05) is 24.3 Å². The summed E-state index contributed by atoms with van der Waals surface area (Å²) in [7, 11) is 0. The van der Waals surface area contributed by atoms with Gasteiger partial charge in [0.05, 0.1) is 32.1 Å². The van der Waals surface area contributed by atoms with E-state index in [0.29, 0.717) is 61.5 Å². The molecule has 3 aromatic rings. The summed E-state index contributed by atoms with van der Waals surface area (Å²) in [5.74, 6) is -4.86. The average molecular weight is 690 g/mol. The average Bonchev–Trinajstić information content (AvgIpc) is 3.13. The molecule has 0 unspecified atom stereocenters. The van der Waals surface area contributed by atoms with Crippen LogP contribution in [0.15, 0.2) is 98.1 Å². The van der Waals surface area contributed by atoms with Crippen LogP contribution in [0.2, 0.25) is 0 Å². The second-order valence-electron chi connectivity index (χ2n) is 10.3. The van der Waals surface area contributed by atoms with Gasteiger partial charge in [-0.3, -0.25) is 4.79 Å². The molecule has 3 aromatic carbocycles. The van der Waals surface area contributed by atoms with Crippen LogP contribution in [0.3, 0.4) is 0 Å². The fourth-order valence-electron chi connectivity index (χ4n) is 3.96. The molecule has 0 spiro atoms. The van der Waals surface area contributed by atoms with Crippen LogP contribution in [-0.2, 0) is 28.7 Å². The summed E-state index contributed by atoms with van der Waals surface area (Å²) in [5, 5.41) is 2.26. The van der Waals surface area contributed by atoms with Gasteiger partial charge in [-0.15, -0.1) is 0 Å². The summed E-state index contributed by atoms with van der Waals surface area (Å²) in [6.07, 6.45) is 9.97. The minimum Gasteiger partial charge on any atom is -0.494 e. The Balaban J connectivity index is 1.41. The van der Waals surface area contributed by atoms with E-state index in [1.165, 1.54) is 12.2 Å². The van der Waals surface area contributed by atoms with Crippen molar-refractivity contribution >= 4 is 41.7 Å². The number of benzene rings is 3. The second kappa shape index (κ2) is 21.0. The summed E-state index contributed by atoms with van der Waals surface area (Å²) in [6, 6.07) is 15.8. The number of anilines is 1. The van der Waals surface area contributed by atoms with Crippen molar-refractivity contribution in [3.05, 3.63) is 121 Å². The van der Waals surface area contributed by atoms with E-state index >= 15 is 0 Å². The molecule has 0 saturated heterocycles. The van der Waals surface area contributed by atoms with Gasteiger partial charge in [0.15, 0.2) is 11.6 Å². The molecule has 1 N–H and O–H groups in total. The molecule has 0 saturated carbocycles. The molecule has 0 aliphatic heterocycles. The molecule has 0 fully saturated rings. The summed E-state index contributed by atoms with van der Waals surface area (Å²) in [6.45, 7) is 8.05. The fraction of sp³-hybridized carbons (Fsp3) is 0.211. The predicted octanol–water partition coefficient (Wildman–Crippen LogP) is 7.01.